The van der Waals surface area contributed by atoms with Crippen molar-refractivity contribution in [3.05, 3.63) is 69.9 Å². The Labute approximate surface area is 205 Å². The van der Waals surface area contributed by atoms with E-state index in [2.05, 4.69) is 53.4 Å². The van der Waals surface area contributed by atoms with Gasteiger partial charge in [-0.25, -0.2) is 4.98 Å². The second-order valence-electron chi connectivity index (χ2n) is 10.1. The maximum atomic E-state index is 12.1. The molecule has 0 unspecified atom stereocenters. The lowest BCUT2D eigenvalue weighted by Gasteiger charge is -2.20. The Kier molecular flexibility index (Phi) is 6.67. The van der Waals surface area contributed by atoms with Crippen LogP contribution >= 0.6 is 0 Å². The van der Waals surface area contributed by atoms with Gasteiger partial charge in [-0.15, -0.1) is 10.2 Å². The summed E-state index contributed by atoms with van der Waals surface area (Å²) in [6.45, 7) is 15.0. The van der Waals surface area contributed by atoms with Crippen LogP contribution in [0.15, 0.2) is 51.9 Å². The Hall–Kier alpha value is -3.65. The molecule has 0 amide bonds. The molecule has 4 aromatic rings. The van der Waals surface area contributed by atoms with Gasteiger partial charge in [-0.1, -0.05) is 12.1 Å². The highest BCUT2D eigenvalue weighted by molar-refractivity contribution is 5.64. The number of aryl methyl sites for hydroxylation is 2. The van der Waals surface area contributed by atoms with Crippen molar-refractivity contribution < 1.29 is 4.42 Å². The molecule has 8 heteroatoms. The zero-order valence-corrected chi connectivity index (χ0v) is 21.4. The van der Waals surface area contributed by atoms with Gasteiger partial charge in [-0.05, 0) is 71.7 Å². The molecule has 0 radical (unpaired) electrons. The van der Waals surface area contributed by atoms with Gasteiger partial charge in [0, 0.05) is 41.5 Å². The summed E-state index contributed by atoms with van der Waals surface area (Å²) in [4.78, 5) is 21.4. The number of hydrogen-bond acceptors (Lipinski definition) is 7. The molecule has 1 aromatic carbocycles. The van der Waals surface area contributed by atoms with E-state index < -0.39 is 0 Å². The monoisotopic (exact) mass is 472 g/mol. The van der Waals surface area contributed by atoms with Crippen molar-refractivity contribution in [3.8, 4) is 34.3 Å². The summed E-state index contributed by atoms with van der Waals surface area (Å²) in [5.74, 6) is 0.745. The summed E-state index contributed by atoms with van der Waals surface area (Å²) in [6.07, 6.45) is 3.49. The molecule has 3 aromatic heterocycles. The first kappa shape index (κ1) is 24.5. The Balaban J connectivity index is 1.64. The number of benzene rings is 1. The van der Waals surface area contributed by atoms with Crippen molar-refractivity contribution in [1.82, 2.24) is 30.0 Å². The molecular weight excluding hydrogens is 440 g/mol. The van der Waals surface area contributed by atoms with Gasteiger partial charge in [0.05, 0.1) is 17.6 Å². The first-order valence-corrected chi connectivity index (χ1v) is 11.8. The van der Waals surface area contributed by atoms with Gasteiger partial charge in [0.25, 0.3) is 11.4 Å². The molecule has 0 saturated heterocycles. The SMILES string of the molecule is Cc1cc(CNC(C)(C)C)ccc1-c1nnc(-c2nc(-c3ccc(=O)n(C(C)C)c3)cnc2C)o1. The molecular formula is C27H32N6O2. The van der Waals surface area contributed by atoms with Crippen LogP contribution in [-0.4, -0.2) is 30.3 Å². The van der Waals surface area contributed by atoms with E-state index in [1.807, 2.05) is 33.8 Å². The zero-order chi connectivity index (χ0) is 25.3. The summed E-state index contributed by atoms with van der Waals surface area (Å²) in [5.41, 5.74) is 5.75. The predicted octanol–water partition coefficient (Wildman–Crippen LogP) is 5.11. The molecule has 3 heterocycles. The van der Waals surface area contributed by atoms with Gasteiger partial charge < -0.3 is 14.3 Å². The maximum Gasteiger partial charge on any atom is 0.268 e. The number of aromatic nitrogens is 5. The second kappa shape index (κ2) is 9.54. The summed E-state index contributed by atoms with van der Waals surface area (Å²) in [5, 5.41) is 12.1. The van der Waals surface area contributed by atoms with Crippen molar-refractivity contribution >= 4 is 0 Å². The minimum Gasteiger partial charge on any atom is -0.415 e. The van der Waals surface area contributed by atoms with E-state index in [1.165, 1.54) is 5.56 Å². The average Bonchev–Trinajstić information content (AvgIpc) is 3.27. The molecule has 0 saturated carbocycles. The van der Waals surface area contributed by atoms with Gasteiger partial charge in [-0.3, -0.25) is 9.78 Å². The van der Waals surface area contributed by atoms with E-state index in [0.717, 1.165) is 23.2 Å². The maximum absolute atomic E-state index is 12.1. The molecule has 0 spiro atoms. The number of rotatable bonds is 6. The van der Waals surface area contributed by atoms with E-state index >= 15 is 0 Å². The first-order valence-electron chi connectivity index (χ1n) is 11.8. The van der Waals surface area contributed by atoms with Crippen LogP contribution in [-0.2, 0) is 6.54 Å². The van der Waals surface area contributed by atoms with Crippen molar-refractivity contribution in [2.45, 2.75) is 66.6 Å². The molecule has 8 nitrogen and oxygen atoms in total. The van der Waals surface area contributed by atoms with Crippen LogP contribution in [0, 0.1) is 13.8 Å². The van der Waals surface area contributed by atoms with E-state index in [4.69, 9.17) is 9.40 Å². The van der Waals surface area contributed by atoms with Crippen LogP contribution in [0.1, 0.15) is 57.5 Å². The van der Waals surface area contributed by atoms with E-state index in [0.29, 0.717) is 28.9 Å². The lowest BCUT2D eigenvalue weighted by molar-refractivity contribution is 0.424. The fourth-order valence-electron chi connectivity index (χ4n) is 3.72. The Morgan fingerprint density at radius 3 is 2.49 bits per heavy atom. The van der Waals surface area contributed by atoms with Crippen molar-refractivity contribution in [2.75, 3.05) is 0 Å². The summed E-state index contributed by atoms with van der Waals surface area (Å²) in [6, 6.07) is 9.55. The Morgan fingerprint density at radius 2 is 1.80 bits per heavy atom. The minimum atomic E-state index is -0.0545. The van der Waals surface area contributed by atoms with Crippen LogP contribution in [0.3, 0.4) is 0 Å². The zero-order valence-electron chi connectivity index (χ0n) is 21.4. The second-order valence-corrected chi connectivity index (χ2v) is 10.1. The molecule has 4 rings (SSSR count). The first-order chi connectivity index (χ1) is 16.5. The molecule has 0 fully saturated rings. The normalized spacial score (nSPS) is 11.9. The van der Waals surface area contributed by atoms with Crippen LogP contribution in [0.2, 0.25) is 0 Å². The number of nitrogens with zero attached hydrogens (tertiary/aromatic N) is 5. The largest absolute Gasteiger partial charge is 0.415 e. The van der Waals surface area contributed by atoms with E-state index in [9.17, 15) is 4.79 Å². The van der Waals surface area contributed by atoms with Crippen molar-refractivity contribution in [1.29, 1.82) is 0 Å². The summed E-state index contributed by atoms with van der Waals surface area (Å²) in [7, 11) is 0. The molecule has 0 atom stereocenters. The average molecular weight is 473 g/mol. The van der Waals surface area contributed by atoms with E-state index in [-0.39, 0.29) is 17.1 Å². The molecule has 0 aliphatic rings. The predicted molar refractivity (Wildman–Crippen MR) is 137 cm³/mol. The Bertz CT molecular complexity index is 1410. The van der Waals surface area contributed by atoms with Crippen molar-refractivity contribution in [3.63, 3.8) is 0 Å². The molecule has 0 bridgehead atoms. The number of hydrogen-bond donors (Lipinski definition) is 1. The molecule has 1 N–H and O–H groups in total. The minimum absolute atomic E-state index is 0.0395. The third kappa shape index (κ3) is 5.54. The standard InChI is InChI=1S/C27H32N6O2/c1-16(2)33-15-20(9-11-23(33)34)22-14-28-18(4)24(30-22)26-32-31-25(35-26)21-10-8-19(12-17(21)3)13-29-27(5,6)7/h8-12,14-16,29H,13H2,1-7H3. The lowest BCUT2D eigenvalue weighted by Crippen LogP contribution is -2.35. The fourth-order valence-corrected chi connectivity index (χ4v) is 3.72. The molecule has 0 aliphatic heterocycles. The van der Waals surface area contributed by atoms with Gasteiger partial charge >= 0.3 is 0 Å². The quantitative estimate of drug-likeness (QED) is 0.416. The molecule has 182 valence electrons. The highest BCUT2D eigenvalue weighted by Gasteiger charge is 2.18. The van der Waals surface area contributed by atoms with Crippen LogP contribution in [0.5, 0.6) is 0 Å². The molecule has 0 aliphatic carbocycles. The highest BCUT2D eigenvalue weighted by Crippen LogP contribution is 2.28. The van der Waals surface area contributed by atoms with Gasteiger partial charge in [-0.2, -0.15) is 0 Å². The van der Waals surface area contributed by atoms with Gasteiger partial charge in [0.2, 0.25) is 5.89 Å². The number of nitrogens with one attached hydrogen (secondary N) is 1. The Morgan fingerprint density at radius 1 is 1.06 bits per heavy atom. The summed E-state index contributed by atoms with van der Waals surface area (Å²) >= 11 is 0. The summed E-state index contributed by atoms with van der Waals surface area (Å²) < 4.78 is 7.72. The number of pyridine rings is 1. The topological polar surface area (TPSA) is 98.7 Å². The van der Waals surface area contributed by atoms with Crippen LogP contribution < -0.4 is 10.9 Å². The fraction of sp³-hybridized carbons (Fsp3) is 0.370. The van der Waals surface area contributed by atoms with Crippen molar-refractivity contribution in [2.24, 2.45) is 0 Å². The third-order valence-electron chi connectivity index (χ3n) is 5.72. The lowest BCUT2D eigenvalue weighted by atomic mass is 10.0. The van der Waals surface area contributed by atoms with Crippen LogP contribution in [0.4, 0.5) is 0 Å². The van der Waals surface area contributed by atoms with Crippen LogP contribution in [0.25, 0.3) is 34.3 Å². The third-order valence-corrected chi connectivity index (χ3v) is 5.72. The van der Waals surface area contributed by atoms with E-state index in [1.54, 1.807) is 29.1 Å². The van der Waals surface area contributed by atoms with Gasteiger partial charge in [0.15, 0.2) is 0 Å². The molecule has 35 heavy (non-hydrogen) atoms. The van der Waals surface area contributed by atoms with Gasteiger partial charge in [0.1, 0.15) is 5.69 Å². The highest BCUT2D eigenvalue weighted by atomic mass is 16.4. The smallest absolute Gasteiger partial charge is 0.268 e.